The second-order valence-electron chi connectivity index (χ2n) is 5.90. The summed E-state index contributed by atoms with van der Waals surface area (Å²) in [6.07, 6.45) is 7.81. The molecule has 0 aliphatic heterocycles. The molecule has 1 aromatic heterocycles. The predicted molar refractivity (Wildman–Crippen MR) is 95.2 cm³/mol. The molecule has 134 valence electrons. The molecule has 25 heavy (non-hydrogen) atoms. The van der Waals surface area contributed by atoms with Crippen molar-refractivity contribution in [2.75, 3.05) is 13.7 Å². The Labute approximate surface area is 148 Å². The number of carbonyl (C=O) groups is 2. The number of unbranched alkanes of at least 4 members (excludes halogenated alkanes) is 3. The Morgan fingerprint density at radius 2 is 1.88 bits per heavy atom. The molecule has 2 aromatic rings. The Balaban J connectivity index is 1.63. The number of nitrogens with zero attached hydrogens (tertiary/aromatic N) is 2. The smallest absolute Gasteiger partial charge is 0.305 e. The number of benzene rings is 1. The third-order valence-electron chi connectivity index (χ3n) is 3.94. The Bertz CT molecular complexity index is 651. The molecule has 0 atom stereocenters. The summed E-state index contributed by atoms with van der Waals surface area (Å²) in [5, 5.41) is 7.09. The van der Waals surface area contributed by atoms with E-state index in [0.717, 1.165) is 31.2 Å². The van der Waals surface area contributed by atoms with Gasteiger partial charge < -0.3 is 10.1 Å². The summed E-state index contributed by atoms with van der Waals surface area (Å²) in [6, 6.07) is 9.46. The van der Waals surface area contributed by atoms with Gasteiger partial charge in [-0.2, -0.15) is 5.10 Å². The Morgan fingerprint density at radius 1 is 1.12 bits per heavy atom. The highest BCUT2D eigenvalue weighted by Gasteiger charge is 2.05. The van der Waals surface area contributed by atoms with E-state index in [1.165, 1.54) is 7.11 Å². The van der Waals surface area contributed by atoms with Crippen LogP contribution in [-0.4, -0.2) is 35.3 Å². The molecule has 0 aliphatic rings. The molecule has 0 aliphatic carbocycles. The van der Waals surface area contributed by atoms with E-state index >= 15 is 0 Å². The highest BCUT2D eigenvalue weighted by Crippen LogP contribution is 2.07. The molecule has 1 N–H and O–H groups in total. The lowest BCUT2D eigenvalue weighted by Gasteiger charge is -2.07. The largest absolute Gasteiger partial charge is 0.469 e. The Hall–Kier alpha value is -2.63. The number of hydrogen-bond acceptors (Lipinski definition) is 4. The van der Waals surface area contributed by atoms with Gasteiger partial charge in [0.05, 0.1) is 13.7 Å². The summed E-state index contributed by atoms with van der Waals surface area (Å²) in [5.74, 6) is -0.218. The van der Waals surface area contributed by atoms with Gasteiger partial charge in [-0.15, -0.1) is 0 Å². The molecule has 1 aromatic carbocycles. The zero-order chi connectivity index (χ0) is 17.9. The van der Waals surface area contributed by atoms with Crippen LogP contribution in [0.25, 0.3) is 0 Å². The first-order valence-electron chi connectivity index (χ1n) is 8.60. The van der Waals surface area contributed by atoms with Gasteiger partial charge in [0, 0.05) is 30.9 Å². The van der Waals surface area contributed by atoms with Crippen LogP contribution in [0.15, 0.2) is 42.7 Å². The lowest BCUT2D eigenvalue weighted by atomic mass is 10.1. The molecule has 0 radical (unpaired) electrons. The average Bonchev–Trinajstić information content (AvgIpc) is 3.14. The fourth-order valence-corrected chi connectivity index (χ4v) is 2.50. The van der Waals surface area contributed by atoms with E-state index in [2.05, 4.69) is 15.2 Å². The molecule has 0 spiro atoms. The summed E-state index contributed by atoms with van der Waals surface area (Å²) < 4.78 is 6.44. The molecule has 6 nitrogen and oxygen atoms in total. The number of rotatable bonds is 10. The lowest BCUT2D eigenvalue weighted by Crippen LogP contribution is -2.24. The number of hydrogen-bond donors (Lipinski definition) is 1. The molecule has 0 saturated carbocycles. The van der Waals surface area contributed by atoms with E-state index in [4.69, 9.17) is 0 Å². The molecular formula is C19H25N3O3. The Morgan fingerprint density at radius 3 is 2.56 bits per heavy atom. The summed E-state index contributed by atoms with van der Waals surface area (Å²) >= 11 is 0. The molecule has 0 fully saturated rings. The van der Waals surface area contributed by atoms with Crippen LogP contribution in [0.2, 0.25) is 0 Å². The van der Waals surface area contributed by atoms with Gasteiger partial charge >= 0.3 is 5.97 Å². The first-order valence-corrected chi connectivity index (χ1v) is 8.60. The van der Waals surface area contributed by atoms with Gasteiger partial charge in [-0.1, -0.05) is 25.0 Å². The van der Waals surface area contributed by atoms with Crippen molar-refractivity contribution >= 4 is 11.9 Å². The van der Waals surface area contributed by atoms with Crippen molar-refractivity contribution < 1.29 is 14.3 Å². The Kier molecular flexibility index (Phi) is 7.69. The topological polar surface area (TPSA) is 73.2 Å². The van der Waals surface area contributed by atoms with E-state index in [1.807, 2.05) is 41.2 Å². The molecule has 0 saturated heterocycles. The van der Waals surface area contributed by atoms with Crippen LogP contribution in [0.3, 0.4) is 0 Å². The van der Waals surface area contributed by atoms with E-state index in [1.54, 1.807) is 6.20 Å². The summed E-state index contributed by atoms with van der Waals surface area (Å²) in [5.41, 5.74) is 1.76. The monoisotopic (exact) mass is 343 g/mol. The number of carbonyl (C=O) groups excluding carboxylic acids is 2. The number of nitrogens with one attached hydrogen (secondary N) is 1. The standard InChI is InChI=1S/C19H25N3O3/c1-25-18(23)7-4-2-3-5-12-20-19(24)17-10-8-16(9-11-17)15-22-14-6-13-21-22/h6,8-11,13-14H,2-5,7,12,15H2,1H3,(H,20,24). The van der Waals surface area contributed by atoms with Crippen LogP contribution in [0.1, 0.15) is 48.0 Å². The van der Waals surface area contributed by atoms with Crippen LogP contribution < -0.4 is 5.32 Å². The van der Waals surface area contributed by atoms with E-state index in [-0.39, 0.29) is 11.9 Å². The van der Waals surface area contributed by atoms with Gasteiger partial charge in [0.15, 0.2) is 0 Å². The first kappa shape index (κ1) is 18.7. The SMILES string of the molecule is COC(=O)CCCCCCNC(=O)c1ccc(Cn2cccn2)cc1. The van der Waals surface area contributed by atoms with Gasteiger partial charge in [-0.05, 0) is 36.6 Å². The summed E-state index contributed by atoms with van der Waals surface area (Å²) in [6.45, 7) is 1.34. The van der Waals surface area contributed by atoms with Gasteiger partial charge in [-0.25, -0.2) is 0 Å². The zero-order valence-electron chi connectivity index (χ0n) is 14.6. The van der Waals surface area contributed by atoms with Gasteiger partial charge in [0.25, 0.3) is 5.91 Å². The third kappa shape index (κ3) is 6.79. The normalized spacial score (nSPS) is 10.4. The fraction of sp³-hybridized carbons (Fsp3) is 0.421. The maximum atomic E-state index is 12.1. The van der Waals surface area contributed by atoms with E-state index < -0.39 is 0 Å². The second kappa shape index (κ2) is 10.3. The molecule has 1 heterocycles. The fourth-order valence-electron chi connectivity index (χ4n) is 2.50. The number of methoxy groups -OCH3 is 1. The predicted octanol–water partition coefficient (Wildman–Crippen LogP) is 2.78. The van der Waals surface area contributed by atoms with Crippen LogP contribution in [0.5, 0.6) is 0 Å². The molecule has 0 bridgehead atoms. The van der Waals surface area contributed by atoms with Gasteiger partial charge in [0.2, 0.25) is 0 Å². The highest BCUT2D eigenvalue weighted by atomic mass is 16.5. The number of amides is 1. The quantitative estimate of drug-likeness (QED) is 0.532. The van der Waals surface area contributed by atoms with Crippen LogP contribution in [-0.2, 0) is 16.1 Å². The van der Waals surface area contributed by atoms with Crippen molar-refractivity contribution in [1.29, 1.82) is 0 Å². The van der Waals surface area contributed by atoms with Crippen molar-refractivity contribution in [2.45, 2.75) is 38.6 Å². The van der Waals surface area contributed by atoms with Crippen molar-refractivity contribution in [3.63, 3.8) is 0 Å². The zero-order valence-corrected chi connectivity index (χ0v) is 14.6. The van der Waals surface area contributed by atoms with Crippen LogP contribution in [0, 0.1) is 0 Å². The average molecular weight is 343 g/mol. The highest BCUT2D eigenvalue weighted by molar-refractivity contribution is 5.94. The number of esters is 1. The molecule has 6 heteroatoms. The van der Waals surface area contributed by atoms with Crippen molar-refractivity contribution in [3.8, 4) is 0 Å². The maximum Gasteiger partial charge on any atom is 0.305 e. The minimum Gasteiger partial charge on any atom is -0.469 e. The third-order valence-corrected chi connectivity index (χ3v) is 3.94. The van der Waals surface area contributed by atoms with Gasteiger partial charge in [-0.3, -0.25) is 14.3 Å². The second-order valence-corrected chi connectivity index (χ2v) is 5.90. The maximum absolute atomic E-state index is 12.1. The molecule has 2 rings (SSSR count). The summed E-state index contributed by atoms with van der Waals surface area (Å²) in [4.78, 5) is 23.1. The number of aromatic nitrogens is 2. The molecular weight excluding hydrogens is 318 g/mol. The van der Waals surface area contributed by atoms with Crippen molar-refractivity contribution in [2.24, 2.45) is 0 Å². The van der Waals surface area contributed by atoms with Crippen LogP contribution >= 0.6 is 0 Å². The van der Waals surface area contributed by atoms with E-state index in [0.29, 0.717) is 25.1 Å². The number of ether oxygens (including phenoxy) is 1. The van der Waals surface area contributed by atoms with Crippen LogP contribution in [0.4, 0.5) is 0 Å². The molecule has 0 unspecified atom stereocenters. The lowest BCUT2D eigenvalue weighted by molar-refractivity contribution is -0.140. The van der Waals surface area contributed by atoms with Gasteiger partial charge in [0.1, 0.15) is 0 Å². The minimum absolute atomic E-state index is 0.0554. The molecule has 1 amide bonds. The van der Waals surface area contributed by atoms with Crippen molar-refractivity contribution in [3.05, 3.63) is 53.9 Å². The minimum atomic E-state index is -0.163. The van der Waals surface area contributed by atoms with E-state index in [9.17, 15) is 9.59 Å². The summed E-state index contributed by atoms with van der Waals surface area (Å²) in [7, 11) is 1.40. The van der Waals surface area contributed by atoms with Crippen molar-refractivity contribution in [1.82, 2.24) is 15.1 Å². The first-order chi connectivity index (χ1) is 12.2.